The second-order valence-corrected chi connectivity index (χ2v) is 5.73. The van der Waals surface area contributed by atoms with Gasteiger partial charge in [0.05, 0.1) is 19.8 Å². The molecule has 0 spiro atoms. The zero-order chi connectivity index (χ0) is 15.1. The number of benzene rings is 1. The predicted octanol–water partition coefficient (Wildman–Crippen LogP) is 3.41. The number of hydrogen-bond donors (Lipinski definition) is 1. The van der Waals surface area contributed by atoms with Crippen molar-refractivity contribution < 1.29 is 14.2 Å². The minimum atomic E-state index is 0.290. The largest absolute Gasteiger partial charge is 0.493 e. The first-order valence-electron chi connectivity index (χ1n) is 7.47. The Morgan fingerprint density at radius 3 is 2.67 bits per heavy atom. The Balaban J connectivity index is 2.12. The van der Waals surface area contributed by atoms with Crippen LogP contribution in [0.3, 0.4) is 0 Å². The molecule has 4 nitrogen and oxygen atoms in total. The molecular weight excluding hydrogens is 290 g/mol. The molecule has 5 heteroatoms. The van der Waals surface area contributed by atoms with Crippen LogP contribution in [-0.2, 0) is 11.3 Å². The fourth-order valence-corrected chi connectivity index (χ4v) is 2.84. The van der Waals surface area contributed by atoms with E-state index in [1.807, 2.05) is 12.1 Å². The summed E-state index contributed by atoms with van der Waals surface area (Å²) in [5.41, 5.74) is 1.03. The number of ether oxygens (including phenoxy) is 3. The van der Waals surface area contributed by atoms with E-state index in [2.05, 4.69) is 5.32 Å². The standard InChI is InChI=1S/C16H24ClNO3/c1-19-8-7-18-11-12-9-13(17)10-15(20-2)16(12)21-14-5-3-4-6-14/h9-10,14,18H,3-8,11H2,1-2H3. The third-order valence-corrected chi connectivity index (χ3v) is 3.92. The molecule has 21 heavy (non-hydrogen) atoms. The van der Waals surface area contributed by atoms with Crippen LogP contribution < -0.4 is 14.8 Å². The second kappa shape index (κ2) is 8.47. The topological polar surface area (TPSA) is 39.7 Å². The second-order valence-electron chi connectivity index (χ2n) is 5.29. The molecule has 1 aliphatic rings. The van der Waals surface area contributed by atoms with Gasteiger partial charge in [0.2, 0.25) is 0 Å². The first kappa shape index (κ1) is 16.4. The first-order valence-corrected chi connectivity index (χ1v) is 7.85. The zero-order valence-electron chi connectivity index (χ0n) is 12.8. The summed E-state index contributed by atoms with van der Waals surface area (Å²) in [5, 5.41) is 3.99. The van der Waals surface area contributed by atoms with E-state index in [-0.39, 0.29) is 6.10 Å². The molecule has 0 aromatic heterocycles. The zero-order valence-corrected chi connectivity index (χ0v) is 13.5. The predicted molar refractivity (Wildman–Crippen MR) is 84.5 cm³/mol. The van der Waals surface area contributed by atoms with E-state index in [1.165, 1.54) is 12.8 Å². The highest BCUT2D eigenvalue weighted by Crippen LogP contribution is 2.37. The van der Waals surface area contributed by atoms with E-state index < -0.39 is 0 Å². The smallest absolute Gasteiger partial charge is 0.166 e. The first-order chi connectivity index (χ1) is 10.2. The minimum Gasteiger partial charge on any atom is -0.493 e. The summed E-state index contributed by atoms with van der Waals surface area (Å²) in [5.74, 6) is 1.52. The Hall–Kier alpha value is -0.970. The Labute approximate surface area is 131 Å². The molecule has 0 saturated heterocycles. The van der Waals surface area contributed by atoms with Crippen molar-refractivity contribution in [1.29, 1.82) is 0 Å². The highest BCUT2D eigenvalue weighted by Gasteiger charge is 2.21. The lowest BCUT2D eigenvalue weighted by molar-refractivity contribution is 0.194. The number of methoxy groups -OCH3 is 2. The minimum absolute atomic E-state index is 0.290. The van der Waals surface area contributed by atoms with Gasteiger partial charge in [0.1, 0.15) is 0 Å². The van der Waals surface area contributed by atoms with Crippen molar-refractivity contribution in [3.05, 3.63) is 22.7 Å². The maximum Gasteiger partial charge on any atom is 0.166 e. The van der Waals surface area contributed by atoms with E-state index in [9.17, 15) is 0 Å². The normalized spacial score (nSPS) is 15.4. The van der Waals surface area contributed by atoms with Crippen molar-refractivity contribution in [2.45, 2.75) is 38.3 Å². The lowest BCUT2D eigenvalue weighted by Crippen LogP contribution is -2.20. The van der Waals surface area contributed by atoms with Crippen LogP contribution in [0.25, 0.3) is 0 Å². The summed E-state index contributed by atoms with van der Waals surface area (Å²) in [6.45, 7) is 2.15. The van der Waals surface area contributed by atoms with Crippen molar-refractivity contribution in [2.75, 3.05) is 27.4 Å². The summed E-state index contributed by atoms with van der Waals surface area (Å²) in [6.07, 6.45) is 4.99. The molecule has 1 aromatic carbocycles. The van der Waals surface area contributed by atoms with Gasteiger partial charge in [0, 0.05) is 36.9 Å². The summed E-state index contributed by atoms with van der Waals surface area (Å²) in [6, 6.07) is 3.75. The van der Waals surface area contributed by atoms with Crippen LogP contribution in [0.1, 0.15) is 31.2 Å². The van der Waals surface area contributed by atoms with Crippen LogP contribution in [0.4, 0.5) is 0 Å². The van der Waals surface area contributed by atoms with Crippen LogP contribution in [0, 0.1) is 0 Å². The highest BCUT2D eigenvalue weighted by atomic mass is 35.5. The van der Waals surface area contributed by atoms with Gasteiger partial charge in [-0.1, -0.05) is 11.6 Å². The van der Waals surface area contributed by atoms with E-state index in [4.69, 9.17) is 25.8 Å². The third kappa shape index (κ3) is 4.77. The molecule has 118 valence electrons. The number of nitrogens with one attached hydrogen (secondary N) is 1. The van der Waals surface area contributed by atoms with Crippen LogP contribution >= 0.6 is 11.6 Å². The van der Waals surface area contributed by atoms with Gasteiger partial charge in [-0.25, -0.2) is 0 Å². The summed E-state index contributed by atoms with van der Waals surface area (Å²) < 4.78 is 16.7. The molecule has 2 rings (SSSR count). The Kier molecular flexibility index (Phi) is 6.61. The fourth-order valence-electron chi connectivity index (χ4n) is 2.61. The molecule has 1 saturated carbocycles. The lowest BCUT2D eigenvalue weighted by atomic mass is 10.1. The highest BCUT2D eigenvalue weighted by molar-refractivity contribution is 6.30. The molecular formula is C16H24ClNO3. The molecule has 0 radical (unpaired) electrons. The maximum atomic E-state index is 6.19. The number of rotatable bonds is 8. The molecule has 1 aliphatic carbocycles. The SMILES string of the molecule is COCCNCc1cc(Cl)cc(OC)c1OC1CCCC1. The Bertz CT molecular complexity index is 447. The van der Waals surface area contributed by atoms with Gasteiger partial charge in [-0.3, -0.25) is 0 Å². The molecule has 1 fully saturated rings. The monoisotopic (exact) mass is 313 g/mol. The molecule has 0 amide bonds. The van der Waals surface area contributed by atoms with Gasteiger partial charge in [0.25, 0.3) is 0 Å². The number of hydrogen-bond acceptors (Lipinski definition) is 4. The van der Waals surface area contributed by atoms with Crippen LogP contribution in [0.5, 0.6) is 11.5 Å². The van der Waals surface area contributed by atoms with Gasteiger partial charge in [-0.15, -0.1) is 0 Å². The molecule has 0 bridgehead atoms. The maximum absolute atomic E-state index is 6.19. The summed E-state index contributed by atoms with van der Waals surface area (Å²) in [4.78, 5) is 0. The quantitative estimate of drug-likeness (QED) is 0.747. The van der Waals surface area contributed by atoms with E-state index >= 15 is 0 Å². The molecule has 1 aromatic rings. The molecule has 0 atom stereocenters. The van der Waals surface area contributed by atoms with Crippen molar-refractivity contribution in [2.24, 2.45) is 0 Å². The van der Waals surface area contributed by atoms with Crippen molar-refractivity contribution >= 4 is 11.6 Å². The van der Waals surface area contributed by atoms with Gasteiger partial charge >= 0.3 is 0 Å². The molecule has 0 unspecified atom stereocenters. The van der Waals surface area contributed by atoms with Crippen LogP contribution in [0.15, 0.2) is 12.1 Å². The number of halogens is 1. The van der Waals surface area contributed by atoms with Gasteiger partial charge in [0.15, 0.2) is 11.5 Å². The van der Waals surface area contributed by atoms with Crippen LogP contribution in [0.2, 0.25) is 5.02 Å². The van der Waals surface area contributed by atoms with Gasteiger partial charge < -0.3 is 19.5 Å². The van der Waals surface area contributed by atoms with E-state index in [0.717, 1.165) is 30.7 Å². The van der Waals surface area contributed by atoms with E-state index in [0.29, 0.717) is 23.9 Å². The van der Waals surface area contributed by atoms with Crippen molar-refractivity contribution in [3.63, 3.8) is 0 Å². The Morgan fingerprint density at radius 2 is 2.00 bits per heavy atom. The summed E-state index contributed by atoms with van der Waals surface area (Å²) >= 11 is 6.17. The lowest BCUT2D eigenvalue weighted by Gasteiger charge is -2.20. The third-order valence-electron chi connectivity index (χ3n) is 3.70. The van der Waals surface area contributed by atoms with Gasteiger partial charge in [-0.2, -0.15) is 0 Å². The fraction of sp³-hybridized carbons (Fsp3) is 0.625. The average Bonchev–Trinajstić information content (AvgIpc) is 2.98. The van der Waals surface area contributed by atoms with Crippen molar-refractivity contribution in [1.82, 2.24) is 5.32 Å². The van der Waals surface area contributed by atoms with Crippen molar-refractivity contribution in [3.8, 4) is 11.5 Å². The van der Waals surface area contributed by atoms with Gasteiger partial charge in [-0.05, 0) is 31.7 Å². The average molecular weight is 314 g/mol. The molecule has 1 N–H and O–H groups in total. The molecule has 0 aliphatic heterocycles. The molecule has 0 heterocycles. The van der Waals surface area contributed by atoms with Crippen LogP contribution in [-0.4, -0.2) is 33.5 Å². The summed E-state index contributed by atoms with van der Waals surface area (Å²) in [7, 11) is 3.34. The van der Waals surface area contributed by atoms with E-state index in [1.54, 1.807) is 14.2 Å². The Morgan fingerprint density at radius 1 is 1.24 bits per heavy atom.